The molecule has 0 spiro atoms. The summed E-state index contributed by atoms with van der Waals surface area (Å²) in [4.78, 5) is 25.0. The molecule has 2 aromatic carbocycles. The Morgan fingerprint density at radius 3 is 2.56 bits per heavy atom. The maximum absolute atomic E-state index is 14.1. The number of thioether (sulfide) groups is 1. The molecule has 3 heterocycles. The van der Waals surface area contributed by atoms with Crippen molar-refractivity contribution < 1.29 is 9.18 Å². The fourth-order valence-corrected chi connectivity index (χ4v) is 4.59. The van der Waals surface area contributed by atoms with Crippen molar-refractivity contribution in [1.82, 2.24) is 24.8 Å². The Kier molecular flexibility index (Phi) is 5.63. The lowest BCUT2D eigenvalue weighted by molar-refractivity contribution is 0.0736. The first-order chi connectivity index (χ1) is 15.7. The summed E-state index contributed by atoms with van der Waals surface area (Å²) in [5, 5.41) is 4.31. The minimum atomic E-state index is -0.309. The van der Waals surface area contributed by atoms with Gasteiger partial charge < -0.3 is 10.2 Å². The third kappa shape index (κ3) is 3.76. The van der Waals surface area contributed by atoms with Crippen molar-refractivity contribution in [1.29, 1.82) is 0 Å². The number of rotatable bonds is 4. The summed E-state index contributed by atoms with van der Waals surface area (Å²) in [5.74, 6) is 0.195. The van der Waals surface area contributed by atoms with Crippen molar-refractivity contribution in [3.63, 3.8) is 0 Å². The Labute approximate surface area is 189 Å². The monoisotopic (exact) mass is 447 g/mol. The summed E-state index contributed by atoms with van der Waals surface area (Å²) in [5.41, 5.74) is 2.59. The molecule has 0 bridgehead atoms. The van der Waals surface area contributed by atoms with E-state index >= 15 is 0 Å². The number of halogens is 1. The van der Waals surface area contributed by atoms with E-state index in [0.29, 0.717) is 35.7 Å². The molecule has 1 amide bonds. The second-order valence-electron chi connectivity index (χ2n) is 7.59. The van der Waals surface area contributed by atoms with E-state index in [1.54, 1.807) is 42.4 Å². The minimum absolute atomic E-state index is 0.0303. The van der Waals surface area contributed by atoms with Gasteiger partial charge in [-0.25, -0.2) is 14.4 Å². The van der Waals surface area contributed by atoms with Gasteiger partial charge in [0, 0.05) is 71.7 Å². The van der Waals surface area contributed by atoms with Crippen molar-refractivity contribution in [3.05, 3.63) is 72.4 Å². The van der Waals surface area contributed by atoms with Gasteiger partial charge in [0.2, 0.25) is 5.95 Å². The van der Waals surface area contributed by atoms with Gasteiger partial charge in [0.1, 0.15) is 5.82 Å². The molecule has 0 aliphatic carbocycles. The Morgan fingerprint density at radius 1 is 1.09 bits per heavy atom. The lowest BCUT2D eigenvalue weighted by atomic mass is 10.1. The third-order valence-corrected chi connectivity index (χ3v) is 6.44. The number of hydrogen-bond donors (Lipinski definition) is 1. The van der Waals surface area contributed by atoms with Gasteiger partial charge in [-0.15, -0.1) is 11.8 Å². The van der Waals surface area contributed by atoms with Crippen LogP contribution in [0.3, 0.4) is 0 Å². The average molecular weight is 448 g/mol. The fraction of sp³-hybridized carbons (Fsp3) is 0.208. The third-order valence-electron chi connectivity index (χ3n) is 5.68. The van der Waals surface area contributed by atoms with Crippen LogP contribution in [0.25, 0.3) is 28.0 Å². The number of carbonyl (C=O) groups excluding carboxylic acids is 1. The second kappa shape index (κ2) is 8.72. The van der Waals surface area contributed by atoms with E-state index in [9.17, 15) is 9.18 Å². The summed E-state index contributed by atoms with van der Waals surface area (Å²) in [6.45, 7) is 3.02. The van der Waals surface area contributed by atoms with E-state index in [2.05, 4.69) is 15.3 Å². The number of aromatic nitrogens is 3. The van der Waals surface area contributed by atoms with Gasteiger partial charge in [0.15, 0.2) is 0 Å². The zero-order valence-corrected chi connectivity index (χ0v) is 18.4. The molecular weight excluding hydrogens is 425 g/mol. The molecule has 1 aliphatic rings. The Bertz CT molecular complexity index is 1280. The normalized spacial score (nSPS) is 14.1. The number of nitrogens with one attached hydrogen (secondary N) is 1. The van der Waals surface area contributed by atoms with Crippen LogP contribution in [-0.4, -0.2) is 57.8 Å². The number of carbonyl (C=O) groups is 1. The highest BCUT2D eigenvalue weighted by Crippen LogP contribution is 2.31. The molecular formula is C24H22FN5OS. The summed E-state index contributed by atoms with van der Waals surface area (Å²) in [7, 11) is 0. The van der Waals surface area contributed by atoms with Crippen LogP contribution < -0.4 is 5.32 Å². The summed E-state index contributed by atoms with van der Waals surface area (Å²) in [6.07, 6.45) is 7.25. The van der Waals surface area contributed by atoms with Gasteiger partial charge in [-0.2, -0.15) is 0 Å². The smallest absolute Gasteiger partial charge is 0.254 e. The lowest BCUT2D eigenvalue weighted by Gasteiger charge is -2.27. The van der Waals surface area contributed by atoms with E-state index < -0.39 is 0 Å². The lowest BCUT2D eigenvalue weighted by Crippen LogP contribution is -2.46. The second-order valence-corrected chi connectivity index (χ2v) is 8.44. The van der Waals surface area contributed by atoms with E-state index in [4.69, 9.17) is 0 Å². The van der Waals surface area contributed by atoms with Crippen LogP contribution in [-0.2, 0) is 0 Å². The van der Waals surface area contributed by atoms with Crippen LogP contribution in [0.1, 0.15) is 10.4 Å². The number of hydrogen-bond acceptors (Lipinski definition) is 5. The molecule has 0 radical (unpaired) electrons. The summed E-state index contributed by atoms with van der Waals surface area (Å²) in [6, 6.07) is 12.4. The van der Waals surface area contributed by atoms with Gasteiger partial charge in [-0.3, -0.25) is 9.36 Å². The van der Waals surface area contributed by atoms with Crippen molar-refractivity contribution in [2.45, 2.75) is 4.90 Å². The maximum Gasteiger partial charge on any atom is 0.254 e. The molecule has 1 fully saturated rings. The van der Waals surface area contributed by atoms with Gasteiger partial charge >= 0.3 is 0 Å². The van der Waals surface area contributed by atoms with Crippen molar-refractivity contribution in [3.8, 4) is 17.1 Å². The predicted octanol–water partition coefficient (Wildman–Crippen LogP) is 3.99. The standard InChI is InChI=1S/C24H22FN5OS/c1-32-22-15-30(24-27-13-17(14-28-24)18-4-2-3-5-20(18)25)21-12-16(6-7-19(21)22)23(31)29-10-8-26-9-11-29/h2-7,12-15,26H,8-11H2,1H3. The number of piperazine rings is 1. The van der Waals surface area contributed by atoms with Crippen molar-refractivity contribution >= 4 is 28.6 Å². The predicted molar refractivity (Wildman–Crippen MR) is 125 cm³/mol. The molecule has 4 aromatic rings. The molecule has 0 unspecified atom stereocenters. The van der Waals surface area contributed by atoms with Gasteiger partial charge in [0.05, 0.1) is 5.52 Å². The number of nitrogens with zero attached hydrogens (tertiary/aromatic N) is 4. The van der Waals surface area contributed by atoms with E-state index in [0.717, 1.165) is 28.9 Å². The Balaban J connectivity index is 1.54. The molecule has 1 N–H and O–H groups in total. The van der Waals surface area contributed by atoms with Crippen molar-refractivity contribution in [2.75, 3.05) is 32.4 Å². The molecule has 0 atom stereocenters. The number of benzene rings is 2. The minimum Gasteiger partial charge on any atom is -0.336 e. The van der Waals surface area contributed by atoms with E-state index in [1.807, 2.05) is 40.1 Å². The summed E-state index contributed by atoms with van der Waals surface area (Å²) < 4.78 is 16.0. The first-order valence-corrected chi connectivity index (χ1v) is 11.6. The van der Waals surface area contributed by atoms with Crippen LogP contribution in [0.5, 0.6) is 0 Å². The number of amides is 1. The SMILES string of the molecule is CSc1cn(-c2ncc(-c3ccccc3F)cn2)c2cc(C(=O)N3CCNCC3)ccc12. The Hall–Kier alpha value is -3.23. The van der Waals surface area contributed by atoms with Crippen LogP contribution in [0.15, 0.2) is 66.0 Å². The number of fused-ring (bicyclic) bond motifs is 1. The highest BCUT2D eigenvalue weighted by Gasteiger charge is 2.20. The van der Waals surface area contributed by atoms with Gasteiger partial charge in [-0.05, 0) is 24.5 Å². The highest BCUT2D eigenvalue weighted by atomic mass is 32.2. The molecule has 6 nitrogen and oxygen atoms in total. The first kappa shape index (κ1) is 20.7. The van der Waals surface area contributed by atoms with Crippen LogP contribution in [0.2, 0.25) is 0 Å². The highest BCUT2D eigenvalue weighted by molar-refractivity contribution is 7.98. The molecule has 1 aliphatic heterocycles. The van der Waals surface area contributed by atoms with E-state index in [-0.39, 0.29) is 11.7 Å². The van der Waals surface area contributed by atoms with Crippen molar-refractivity contribution in [2.24, 2.45) is 0 Å². The fourth-order valence-electron chi connectivity index (χ4n) is 3.99. The van der Waals surface area contributed by atoms with Crippen LogP contribution in [0, 0.1) is 5.82 Å². The zero-order chi connectivity index (χ0) is 22.1. The van der Waals surface area contributed by atoms with Gasteiger partial charge in [0.25, 0.3) is 5.91 Å². The largest absolute Gasteiger partial charge is 0.336 e. The molecule has 162 valence electrons. The summed E-state index contributed by atoms with van der Waals surface area (Å²) >= 11 is 1.63. The molecule has 1 saturated heterocycles. The molecule has 2 aromatic heterocycles. The van der Waals surface area contributed by atoms with Gasteiger partial charge in [-0.1, -0.05) is 24.3 Å². The molecule has 32 heavy (non-hydrogen) atoms. The first-order valence-electron chi connectivity index (χ1n) is 10.4. The topological polar surface area (TPSA) is 63.1 Å². The molecule has 5 rings (SSSR count). The molecule has 0 saturated carbocycles. The quantitative estimate of drug-likeness (QED) is 0.479. The Morgan fingerprint density at radius 2 is 1.84 bits per heavy atom. The van der Waals surface area contributed by atoms with Crippen LogP contribution >= 0.6 is 11.8 Å². The van der Waals surface area contributed by atoms with Crippen LogP contribution in [0.4, 0.5) is 4.39 Å². The maximum atomic E-state index is 14.1. The average Bonchev–Trinajstić information content (AvgIpc) is 3.22. The zero-order valence-electron chi connectivity index (χ0n) is 17.6. The van der Waals surface area contributed by atoms with E-state index in [1.165, 1.54) is 6.07 Å². The molecule has 8 heteroatoms.